The monoisotopic (exact) mass is 260 g/mol. The smallest absolute Gasteiger partial charge is 0.0926 e. The van der Waals surface area contributed by atoms with Crippen LogP contribution in [0.15, 0.2) is 30.3 Å². The summed E-state index contributed by atoms with van der Waals surface area (Å²) in [6.45, 7) is 1.86. The predicted molar refractivity (Wildman–Crippen MR) is 76.8 cm³/mol. The molecule has 19 heavy (non-hydrogen) atoms. The lowest BCUT2D eigenvalue weighted by molar-refractivity contribution is -0.0568. The number of hydrogen-bond donors (Lipinski definition) is 2. The van der Waals surface area contributed by atoms with E-state index in [4.69, 9.17) is 5.73 Å². The number of benzene rings is 1. The Bertz CT molecular complexity index is 406. The number of nitrogens with two attached hydrogens (primary N) is 1. The largest absolute Gasteiger partial charge is 0.385 e. The molecule has 2 atom stereocenters. The van der Waals surface area contributed by atoms with Crippen molar-refractivity contribution in [1.82, 2.24) is 4.90 Å². The van der Waals surface area contributed by atoms with Crippen LogP contribution in [0.2, 0.25) is 0 Å². The fraction of sp³-hybridized carbons (Fsp3) is 0.625. The molecule has 1 aromatic carbocycles. The summed E-state index contributed by atoms with van der Waals surface area (Å²) >= 11 is 0. The van der Waals surface area contributed by atoms with E-state index in [0.717, 1.165) is 37.9 Å². The van der Waals surface area contributed by atoms with Gasteiger partial charge in [-0.3, -0.25) is 4.90 Å². The summed E-state index contributed by atoms with van der Waals surface area (Å²) in [5.41, 5.74) is 6.09. The molecule has 2 bridgehead atoms. The van der Waals surface area contributed by atoms with Crippen LogP contribution in [0.25, 0.3) is 0 Å². The second kappa shape index (κ2) is 5.23. The number of aliphatic hydroxyl groups is 1. The third-order valence-corrected chi connectivity index (χ3v) is 4.85. The van der Waals surface area contributed by atoms with Crippen LogP contribution in [0.5, 0.6) is 0 Å². The Kier molecular flexibility index (Phi) is 3.61. The van der Waals surface area contributed by atoms with Crippen LogP contribution in [-0.4, -0.2) is 35.2 Å². The zero-order valence-electron chi connectivity index (χ0n) is 11.5. The van der Waals surface area contributed by atoms with Crippen LogP contribution >= 0.6 is 0 Å². The van der Waals surface area contributed by atoms with Crippen molar-refractivity contribution in [3.05, 3.63) is 35.9 Å². The second-order valence-electron chi connectivity index (χ2n) is 6.07. The van der Waals surface area contributed by atoms with Crippen LogP contribution in [0.4, 0.5) is 0 Å². The van der Waals surface area contributed by atoms with Crippen LogP contribution in [0, 0.1) is 0 Å². The minimum atomic E-state index is -0.619. The lowest BCUT2D eigenvalue weighted by Gasteiger charge is -2.44. The third-order valence-electron chi connectivity index (χ3n) is 4.85. The Morgan fingerprint density at radius 1 is 1.16 bits per heavy atom. The van der Waals surface area contributed by atoms with E-state index in [0.29, 0.717) is 12.1 Å². The second-order valence-corrected chi connectivity index (χ2v) is 6.07. The van der Waals surface area contributed by atoms with Gasteiger partial charge in [-0.15, -0.1) is 0 Å². The molecule has 0 amide bonds. The van der Waals surface area contributed by atoms with Gasteiger partial charge in [-0.2, -0.15) is 0 Å². The van der Waals surface area contributed by atoms with Crippen molar-refractivity contribution in [2.45, 2.75) is 49.8 Å². The number of nitrogens with zero attached hydrogens (tertiary/aromatic N) is 1. The molecule has 3 heteroatoms. The average molecular weight is 260 g/mol. The number of hydrogen-bond acceptors (Lipinski definition) is 3. The molecule has 3 nitrogen and oxygen atoms in total. The van der Waals surface area contributed by atoms with Gasteiger partial charge in [0.25, 0.3) is 0 Å². The summed E-state index contributed by atoms with van der Waals surface area (Å²) in [5, 5.41) is 11.0. The predicted octanol–water partition coefficient (Wildman–Crippen LogP) is 1.85. The molecule has 2 unspecified atom stereocenters. The zero-order chi connectivity index (χ0) is 13.3. The molecule has 2 aliphatic heterocycles. The van der Waals surface area contributed by atoms with Gasteiger partial charge in [0.2, 0.25) is 0 Å². The average Bonchev–Trinajstić information content (AvgIpc) is 2.68. The van der Waals surface area contributed by atoms with E-state index in [9.17, 15) is 5.11 Å². The first-order valence-electron chi connectivity index (χ1n) is 7.47. The molecular formula is C16H24N2O. The quantitative estimate of drug-likeness (QED) is 0.868. The van der Waals surface area contributed by atoms with Gasteiger partial charge < -0.3 is 10.8 Å². The van der Waals surface area contributed by atoms with Gasteiger partial charge in [0, 0.05) is 12.1 Å². The summed E-state index contributed by atoms with van der Waals surface area (Å²) in [5.74, 6) is 0. The van der Waals surface area contributed by atoms with Crippen molar-refractivity contribution < 1.29 is 5.11 Å². The minimum Gasteiger partial charge on any atom is -0.385 e. The maximum Gasteiger partial charge on any atom is 0.0926 e. The topological polar surface area (TPSA) is 49.5 Å². The van der Waals surface area contributed by atoms with Gasteiger partial charge in [-0.25, -0.2) is 0 Å². The maximum atomic E-state index is 11.0. The molecule has 3 N–H and O–H groups in total. The summed E-state index contributed by atoms with van der Waals surface area (Å²) in [4.78, 5) is 2.59. The maximum absolute atomic E-state index is 11.0. The highest BCUT2D eigenvalue weighted by Crippen LogP contribution is 2.45. The molecule has 2 heterocycles. The van der Waals surface area contributed by atoms with Crippen molar-refractivity contribution >= 4 is 0 Å². The molecule has 0 spiro atoms. The van der Waals surface area contributed by atoms with Crippen molar-refractivity contribution in [2.24, 2.45) is 5.73 Å². The van der Waals surface area contributed by atoms with Gasteiger partial charge in [-0.05, 0) is 50.8 Å². The van der Waals surface area contributed by atoms with E-state index in [1.807, 2.05) is 18.2 Å². The lowest BCUT2D eigenvalue weighted by atomic mass is 9.80. The Labute approximate surface area is 115 Å². The van der Waals surface area contributed by atoms with E-state index < -0.39 is 5.60 Å². The van der Waals surface area contributed by atoms with E-state index in [2.05, 4.69) is 17.0 Å². The van der Waals surface area contributed by atoms with Gasteiger partial charge in [-0.1, -0.05) is 30.3 Å². The summed E-state index contributed by atoms with van der Waals surface area (Å²) in [6.07, 6.45) is 5.27. The fourth-order valence-corrected chi connectivity index (χ4v) is 3.94. The molecule has 3 rings (SSSR count). The lowest BCUT2D eigenvalue weighted by Crippen LogP contribution is -2.50. The van der Waals surface area contributed by atoms with Gasteiger partial charge >= 0.3 is 0 Å². The van der Waals surface area contributed by atoms with Gasteiger partial charge in [0.15, 0.2) is 0 Å². The third kappa shape index (κ3) is 2.42. The van der Waals surface area contributed by atoms with Crippen molar-refractivity contribution in [2.75, 3.05) is 13.1 Å². The first-order chi connectivity index (χ1) is 9.23. The Morgan fingerprint density at radius 3 is 2.37 bits per heavy atom. The number of piperidine rings is 1. The van der Waals surface area contributed by atoms with Crippen LogP contribution in [0.3, 0.4) is 0 Å². The number of rotatable bonds is 4. The molecular weight excluding hydrogens is 236 g/mol. The highest BCUT2D eigenvalue weighted by Gasteiger charge is 2.47. The highest BCUT2D eigenvalue weighted by atomic mass is 16.3. The van der Waals surface area contributed by atoms with Gasteiger partial charge in [0.1, 0.15) is 0 Å². The summed E-state index contributed by atoms with van der Waals surface area (Å²) in [6, 6.07) is 11.3. The molecule has 104 valence electrons. The molecule has 0 radical (unpaired) electrons. The summed E-state index contributed by atoms with van der Waals surface area (Å²) < 4.78 is 0. The van der Waals surface area contributed by atoms with Crippen LogP contribution < -0.4 is 5.73 Å². The SMILES string of the molecule is NCCCN1C2CCC1CC(O)(c1ccccc1)C2. The molecule has 0 aromatic heterocycles. The normalized spacial score (nSPS) is 34.6. The Morgan fingerprint density at radius 2 is 1.79 bits per heavy atom. The molecule has 2 saturated heterocycles. The first-order valence-corrected chi connectivity index (χ1v) is 7.47. The first kappa shape index (κ1) is 13.1. The van der Waals surface area contributed by atoms with Crippen molar-refractivity contribution in [3.8, 4) is 0 Å². The van der Waals surface area contributed by atoms with E-state index in [-0.39, 0.29) is 0 Å². The van der Waals surface area contributed by atoms with Crippen molar-refractivity contribution in [1.29, 1.82) is 0 Å². The zero-order valence-corrected chi connectivity index (χ0v) is 11.5. The molecule has 0 aliphatic carbocycles. The highest BCUT2D eigenvalue weighted by molar-refractivity contribution is 5.24. The van der Waals surface area contributed by atoms with Crippen LogP contribution in [0.1, 0.15) is 37.7 Å². The summed E-state index contributed by atoms with van der Waals surface area (Å²) in [7, 11) is 0. The minimum absolute atomic E-state index is 0.538. The Balaban J connectivity index is 1.76. The number of fused-ring (bicyclic) bond motifs is 2. The molecule has 1 aromatic rings. The molecule has 0 saturated carbocycles. The molecule has 2 aliphatic rings. The van der Waals surface area contributed by atoms with Crippen LogP contribution in [-0.2, 0) is 5.60 Å². The van der Waals surface area contributed by atoms with E-state index in [1.54, 1.807) is 0 Å². The fourth-order valence-electron chi connectivity index (χ4n) is 3.94. The molecule has 2 fully saturated rings. The van der Waals surface area contributed by atoms with Gasteiger partial charge in [0.05, 0.1) is 5.60 Å². The Hall–Kier alpha value is -0.900. The van der Waals surface area contributed by atoms with E-state index >= 15 is 0 Å². The standard InChI is InChI=1S/C16H24N2O/c17-9-4-10-18-14-7-8-15(18)12-16(19,11-14)13-5-2-1-3-6-13/h1-3,5-6,14-15,19H,4,7-12,17H2. The van der Waals surface area contributed by atoms with E-state index in [1.165, 1.54) is 12.8 Å². The van der Waals surface area contributed by atoms with Crippen molar-refractivity contribution in [3.63, 3.8) is 0 Å².